The van der Waals surface area contributed by atoms with Crippen molar-refractivity contribution in [2.24, 2.45) is 11.1 Å². The predicted molar refractivity (Wildman–Crippen MR) is 101 cm³/mol. The smallest absolute Gasteiger partial charge is 0.319 e. The van der Waals surface area contributed by atoms with Crippen molar-refractivity contribution in [2.45, 2.75) is 13.8 Å². The van der Waals surface area contributed by atoms with Crippen LogP contribution in [-0.2, 0) is 4.79 Å². The van der Waals surface area contributed by atoms with Gasteiger partial charge in [0.05, 0.1) is 5.41 Å². The van der Waals surface area contributed by atoms with Crippen molar-refractivity contribution in [1.82, 2.24) is 5.32 Å². The van der Waals surface area contributed by atoms with Gasteiger partial charge in [-0.2, -0.15) is 0 Å². The molecule has 0 aliphatic heterocycles. The molecule has 4 amide bonds. The number of urea groups is 1. The largest absolute Gasteiger partial charge is 0.369 e. The Hall–Kier alpha value is -3.42. The molecule has 0 bridgehead atoms. The molecule has 5 N–H and O–H groups in total. The van der Waals surface area contributed by atoms with E-state index in [1.54, 1.807) is 38.1 Å². The Morgan fingerprint density at radius 2 is 1.63 bits per heavy atom. The molecule has 2 rings (SSSR count). The van der Waals surface area contributed by atoms with Crippen LogP contribution >= 0.6 is 0 Å². The Morgan fingerprint density at radius 1 is 1.00 bits per heavy atom. The van der Waals surface area contributed by atoms with Gasteiger partial charge < -0.3 is 21.7 Å². The summed E-state index contributed by atoms with van der Waals surface area (Å²) in [5.74, 6) is -1.43. The van der Waals surface area contributed by atoms with Gasteiger partial charge in [0.2, 0.25) is 5.91 Å². The Labute approximate surface area is 156 Å². The van der Waals surface area contributed by atoms with Gasteiger partial charge in [-0.15, -0.1) is 0 Å². The van der Waals surface area contributed by atoms with Gasteiger partial charge in [0.25, 0.3) is 5.91 Å². The number of anilines is 2. The van der Waals surface area contributed by atoms with E-state index in [2.05, 4.69) is 16.0 Å². The number of carbonyl (C=O) groups excluding carboxylic acids is 3. The summed E-state index contributed by atoms with van der Waals surface area (Å²) in [7, 11) is 0. The molecule has 0 radical (unpaired) electrons. The van der Waals surface area contributed by atoms with Crippen molar-refractivity contribution in [3.05, 3.63) is 59.9 Å². The third kappa shape index (κ3) is 5.81. The lowest BCUT2D eigenvalue weighted by atomic mass is 9.93. The highest BCUT2D eigenvalue weighted by atomic mass is 19.1. The molecular formula is C19H21FN4O3. The third-order valence-corrected chi connectivity index (χ3v) is 3.82. The molecule has 8 heteroatoms. The SMILES string of the molecule is CC(C)(CNC(=O)Nc1cccc(C(=O)Nc2cccc(F)c2)c1)C(N)=O. The average molecular weight is 372 g/mol. The van der Waals surface area contributed by atoms with Crippen LogP contribution in [0.5, 0.6) is 0 Å². The van der Waals surface area contributed by atoms with Crippen molar-refractivity contribution in [2.75, 3.05) is 17.2 Å². The van der Waals surface area contributed by atoms with E-state index in [9.17, 15) is 18.8 Å². The molecular weight excluding hydrogens is 351 g/mol. The van der Waals surface area contributed by atoms with Crippen molar-refractivity contribution in [3.8, 4) is 0 Å². The molecule has 0 aromatic heterocycles. The second kappa shape index (κ2) is 8.31. The van der Waals surface area contributed by atoms with Gasteiger partial charge in [-0.1, -0.05) is 12.1 Å². The van der Waals surface area contributed by atoms with Gasteiger partial charge in [0, 0.05) is 23.5 Å². The topological polar surface area (TPSA) is 113 Å². The number of hydrogen-bond acceptors (Lipinski definition) is 3. The summed E-state index contributed by atoms with van der Waals surface area (Å²) < 4.78 is 13.2. The van der Waals surface area contributed by atoms with Crippen LogP contribution in [-0.4, -0.2) is 24.4 Å². The first-order valence-corrected chi connectivity index (χ1v) is 8.19. The maximum absolute atomic E-state index is 13.2. The number of hydrogen-bond donors (Lipinski definition) is 4. The van der Waals surface area contributed by atoms with Crippen LogP contribution in [0.3, 0.4) is 0 Å². The number of nitrogens with two attached hydrogens (primary N) is 1. The summed E-state index contributed by atoms with van der Waals surface area (Å²) >= 11 is 0. The van der Waals surface area contributed by atoms with Crippen LogP contribution in [0.4, 0.5) is 20.6 Å². The molecule has 0 aliphatic rings. The van der Waals surface area contributed by atoms with Crippen LogP contribution in [0.25, 0.3) is 0 Å². The number of nitrogens with one attached hydrogen (secondary N) is 3. The van der Waals surface area contributed by atoms with Crippen LogP contribution in [0, 0.1) is 11.2 Å². The first-order chi connectivity index (χ1) is 12.7. The van der Waals surface area contributed by atoms with E-state index < -0.39 is 29.1 Å². The number of rotatable bonds is 6. The van der Waals surface area contributed by atoms with Crippen molar-refractivity contribution in [1.29, 1.82) is 0 Å². The van der Waals surface area contributed by atoms with E-state index in [1.165, 1.54) is 24.3 Å². The van der Waals surface area contributed by atoms with Crippen molar-refractivity contribution < 1.29 is 18.8 Å². The second-order valence-corrected chi connectivity index (χ2v) is 6.60. The highest BCUT2D eigenvalue weighted by molar-refractivity contribution is 6.05. The van der Waals surface area contributed by atoms with Gasteiger partial charge in [-0.05, 0) is 50.2 Å². The zero-order valence-corrected chi connectivity index (χ0v) is 15.0. The van der Waals surface area contributed by atoms with Crippen LogP contribution < -0.4 is 21.7 Å². The fraction of sp³-hybridized carbons (Fsp3) is 0.211. The molecule has 0 aliphatic carbocycles. The van der Waals surface area contributed by atoms with Crippen LogP contribution in [0.1, 0.15) is 24.2 Å². The molecule has 2 aromatic carbocycles. The minimum atomic E-state index is -0.885. The molecule has 0 saturated carbocycles. The molecule has 0 spiro atoms. The number of benzene rings is 2. The monoisotopic (exact) mass is 372 g/mol. The van der Waals surface area contributed by atoms with Crippen LogP contribution in [0.2, 0.25) is 0 Å². The van der Waals surface area contributed by atoms with E-state index in [0.29, 0.717) is 11.4 Å². The summed E-state index contributed by atoms with van der Waals surface area (Å²) in [5, 5.41) is 7.71. The zero-order valence-electron chi connectivity index (χ0n) is 15.0. The molecule has 7 nitrogen and oxygen atoms in total. The fourth-order valence-corrected chi connectivity index (χ4v) is 2.07. The standard InChI is InChI=1S/C19H21FN4O3/c1-19(2,17(21)26)11-22-18(27)24-14-7-3-5-12(9-14)16(25)23-15-8-4-6-13(20)10-15/h3-10H,11H2,1-2H3,(H2,21,26)(H,23,25)(H2,22,24,27). The molecule has 0 atom stereocenters. The number of carbonyl (C=O) groups is 3. The first-order valence-electron chi connectivity index (χ1n) is 8.19. The van der Waals surface area contributed by atoms with Gasteiger partial charge in [0.1, 0.15) is 5.82 Å². The predicted octanol–water partition coefficient (Wildman–Crippen LogP) is 2.71. The summed E-state index contributed by atoms with van der Waals surface area (Å²) in [5.41, 5.74) is 5.37. The van der Waals surface area contributed by atoms with Crippen molar-refractivity contribution >= 4 is 29.2 Å². The van der Waals surface area contributed by atoms with E-state index in [-0.39, 0.29) is 12.1 Å². The Balaban J connectivity index is 1.99. The van der Waals surface area contributed by atoms with E-state index >= 15 is 0 Å². The van der Waals surface area contributed by atoms with E-state index in [4.69, 9.17) is 5.73 Å². The molecule has 2 aromatic rings. The molecule has 0 heterocycles. The molecule has 0 fully saturated rings. The van der Waals surface area contributed by atoms with Gasteiger partial charge in [-0.25, -0.2) is 9.18 Å². The molecule has 0 saturated heterocycles. The number of primary amides is 1. The Bertz CT molecular complexity index is 868. The lowest BCUT2D eigenvalue weighted by Crippen LogP contribution is -2.43. The molecule has 27 heavy (non-hydrogen) atoms. The van der Waals surface area contributed by atoms with Crippen LogP contribution in [0.15, 0.2) is 48.5 Å². The molecule has 142 valence electrons. The number of amides is 4. The maximum atomic E-state index is 13.2. The first kappa shape index (κ1) is 19.9. The summed E-state index contributed by atoms with van der Waals surface area (Å²) in [6.45, 7) is 3.30. The average Bonchev–Trinajstić information content (AvgIpc) is 2.60. The van der Waals surface area contributed by atoms with Gasteiger partial charge >= 0.3 is 6.03 Å². The van der Waals surface area contributed by atoms with Crippen molar-refractivity contribution in [3.63, 3.8) is 0 Å². The minimum absolute atomic E-state index is 0.0634. The lowest BCUT2D eigenvalue weighted by Gasteiger charge is -2.20. The normalized spacial score (nSPS) is 10.8. The number of halogens is 1. The summed E-state index contributed by atoms with van der Waals surface area (Å²) in [6, 6.07) is 11.2. The fourth-order valence-electron chi connectivity index (χ4n) is 2.07. The maximum Gasteiger partial charge on any atom is 0.319 e. The lowest BCUT2D eigenvalue weighted by molar-refractivity contribution is -0.125. The zero-order chi connectivity index (χ0) is 20.0. The van der Waals surface area contributed by atoms with E-state index in [1.807, 2.05) is 0 Å². The highest BCUT2D eigenvalue weighted by Gasteiger charge is 2.25. The Morgan fingerprint density at radius 3 is 2.26 bits per heavy atom. The van der Waals surface area contributed by atoms with Gasteiger partial charge in [0.15, 0.2) is 0 Å². The minimum Gasteiger partial charge on any atom is -0.369 e. The van der Waals surface area contributed by atoms with E-state index in [0.717, 1.165) is 0 Å². The Kier molecular flexibility index (Phi) is 6.12. The second-order valence-electron chi connectivity index (χ2n) is 6.60. The summed E-state index contributed by atoms with van der Waals surface area (Å²) in [6.07, 6.45) is 0. The quantitative estimate of drug-likeness (QED) is 0.625. The molecule has 0 unspecified atom stereocenters. The third-order valence-electron chi connectivity index (χ3n) is 3.82. The summed E-state index contributed by atoms with van der Waals surface area (Å²) in [4.78, 5) is 35.5. The van der Waals surface area contributed by atoms with Gasteiger partial charge in [-0.3, -0.25) is 9.59 Å². The highest BCUT2D eigenvalue weighted by Crippen LogP contribution is 2.15.